The number of furan rings is 1. The quantitative estimate of drug-likeness (QED) is 0.402. The monoisotopic (exact) mass is 422 g/mol. The van der Waals surface area contributed by atoms with Crippen LogP contribution in [0.15, 0.2) is 66.9 Å². The highest BCUT2D eigenvalue weighted by atomic mass is 32.2. The molecule has 0 fully saturated rings. The van der Waals surface area contributed by atoms with Gasteiger partial charge in [0.1, 0.15) is 16.4 Å². The van der Waals surface area contributed by atoms with Gasteiger partial charge in [-0.3, -0.25) is 4.79 Å². The zero-order valence-electron chi connectivity index (χ0n) is 15.2. The Hall–Kier alpha value is -3.17. The summed E-state index contributed by atoms with van der Waals surface area (Å²) >= 11 is 2.78. The number of thiophene rings is 1. The summed E-state index contributed by atoms with van der Waals surface area (Å²) in [4.78, 5) is 20.9. The molecule has 0 unspecified atom stereocenters. The molecule has 29 heavy (non-hydrogen) atoms. The highest BCUT2D eigenvalue weighted by molar-refractivity contribution is 7.98. The molecule has 9 heteroatoms. The first-order chi connectivity index (χ1) is 14.2. The summed E-state index contributed by atoms with van der Waals surface area (Å²) in [6.07, 6.45) is 1.58. The van der Waals surface area contributed by atoms with Gasteiger partial charge in [0.25, 0.3) is 16.7 Å². The van der Waals surface area contributed by atoms with Crippen LogP contribution in [0.25, 0.3) is 32.8 Å². The van der Waals surface area contributed by atoms with Crippen molar-refractivity contribution in [2.24, 2.45) is 0 Å². The fourth-order valence-electron chi connectivity index (χ4n) is 3.01. The van der Waals surface area contributed by atoms with Gasteiger partial charge in [-0.15, -0.1) is 21.5 Å². The Balaban J connectivity index is 1.39. The summed E-state index contributed by atoms with van der Waals surface area (Å²) in [7, 11) is 0. The Kier molecular flexibility index (Phi) is 4.53. The largest absolute Gasteiger partial charge is 0.469 e. The summed E-state index contributed by atoms with van der Waals surface area (Å²) in [5.74, 6) is 2.10. The minimum atomic E-state index is -0.147. The first-order valence-corrected chi connectivity index (χ1v) is 10.6. The first-order valence-electron chi connectivity index (χ1n) is 8.75. The molecule has 1 aromatic carbocycles. The van der Waals surface area contributed by atoms with Crippen molar-refractivity contribution in [2.75, 3.05) is 0 Å². The van der Waals surface area contributed by atoms with Gasteiger partial charge in [-0.1, -0.05) is 42.1 Å². The van der Waals surface area contributed by atoms with E-state index in [9.17, 15) is 4.79 Å². The molecule has 0 spiro atoms. The van der Waals surface area contributed by atoms with Gasteiger partial charge in [0.2, 0.25) is 0 Å². The van der Waals surface area contributed by atoms with E-state index in [2.05, 4.69) is 20.2 Å². The summed E-state index contributed by atoms with van der Waals surface area (Å²) in [6, 6.07) is 11.6. The van der Waals surface area contributed by atoms with Crippen LogP contribution in [0.3, 0.4) is 0 Å². The van der Waals surface area contributed by atoms with Crippen molar-refractivity contribution < 1.29 is 8.83 Å². The van der Waals surface area contributed by atoms with E-state index in [0.717, 1.165) is 16.7 Å². The Bertz CT molecular complexity index is 1350. The lowest BCUT2D eigenvalue weighted by Gasteiger charge is -2.01. The van der Waals surface area contributed by atoms with Gasteiger partial charge in [-0.25, -0.2) is 4.98 Å². The maximum Gasteiger partial charge on any atom is 0.277 e. The number of H-pyrrole nitrogens is 1. The van der Waals surface area contributed by atoms with Gasteiger partial charge in [-0.2, -0.15) is 0 Å². The first kappa shape index (κ1) is 17.9. The van der Waals surface area contributed by atoms with Gasteiger partial charge in [0.15, 0.2) is 0 Å². The fraction of sp³-hybridized carbons (Fsp3) is 0.100. The number of nitrogens with one attached hydrogen (secondary N) is 1. The van der Waals surface area contributed by atoms with E-state index in [-0.39, 0.29) is 5.56 Å². The van der Waals surface area contributed by atoms with Crippen molar-refractivity contribution in [3.63, 3.8) is 0 Å². The molecule has 0 bridgehead atoms. The second kappa shape index (κ2) is 7.34. The molecule has 5 rings (SSSR count). The molecule has 0 radical (unpaired) electrons. The number of rotatable bonds is 5. The topological polar surface area (TPSA) is 97.8 Å². The Morgan fingerprint density at radius 3 is 2.79 bits per heavy atom. The molecule has 0 saturated heterocycles. The molecule has 1 N–H and O–H groups in total. The number of hydrogen-bond acceptors (Lipinski definition) is 8. The number of aryl methyl sites for hydroxylation is 1. The highest BCUT2D eigenvalue weighted by Crippen LogP contribution is 2.31. The third-order valence-electron chi connectivity index (χ3n) is 4.41. The van der Waals surface area contributed by atoms with Gasteiger partial charge in [0, 0.05) is 10.9 Å². The van der Waals surface area contributed by atoms with Crippen LogP contribution in [-0.2, 0) is 5.75 Å². The molecule has 144 valence electrons. The van der Waals surface area contributed by atoms with E-state index in [0.29, 0.717) is 38.7 Å². The fourth-order valence-corrected chi connectivity index (χ4v) is 4.61. The maximum atomic E-state index is 12.7. The number of nitrogens with zero attached hydrogens (tertiary/aromatic N) is 3. The smallest absolute Gasteiger partial charge is 0.277 e. The van der Waals surface area contributed by atoms with Gasteiger partial charge in [0.05, 0.1) is 23.0 Å². The summed E-state index contributed by atoms with van der Waals surface area (Å²) in [6.45, 7) is 1.83. The SMILES string of the molecule is Cc1occc1-c1nnc(SCc2nc3scc(-c4ccccc4)c3c(=O)[nH]2)o1. The molecular weight excluding hydrogens is 408 g/mol. The van der Waals surface area contributed by atoms with Crippen molar-refractivity contribution >= 4 is 33.3 Å². The Labute approximate surface area is 172 Å². The van der Waals surface area contributed by atoms with Crippen LogP contribution in [0.4, 0.5) is 0 Å². The lowest BCUT2D eigenvalue weighted by atomic mass is 10.1. The second-order valence-electron chi connectivity index (χ2n) is 6.26. The standard InChI is InChI=1S/C20H14N4O3S2/c1-11-13(7-8-26-11)18-23-24-20(27-18)29-10-15-21-17(25)16-14(9-28-19(16)22-15)12-5-3-2-4-6-12/h2-9H,10H2,1H3,(H,21,22,25). The lowest BCUT2D eigenvalue weighted by Crippen LogP contribution is -2.10. The van der Waals surface area contributed by atoms with Gasteiger partial charge in [-0.05, 0) is 18.6 Å². The van der Waals surface area contributed by atoms with Crippen molar-refractivity contribution in [1.82, 2.24) is 20.2 Å². The van der Waals surface area contributed by atoms with Crippen LogP contribution in [-0.4, -0.2) is 20.2 Å². The number of fused-ring (bicyclic) bond motifs is 1. The van der Waals surface area contributed by atoms with Crippen LogP contribution in [0, 0.1) is 6.92 Å². The van der Waals surface area contributed by atoms with Crippen molar-refractivity contribution in [3.8, 4) is 22.6 Å². The van der Waals surface area contributed by atoms with E-state index < -0.39 is 0 Å². The molecule has 0 aliphatic rings. The predicted octanol–water partition coefficient (Wildman–Crippen LogP) is 4.90. The van der Waals surface area contributed by atoms with Crippen LogP contribution < -0.4 is 5.56 Å². The third kappa shape index (κ3) is 3.39. The predicted molar refractivity (Wildman–Crippen MR) is 112 cm³/mol. The Morgan fingerprint density at radius 2 is 2.00 bits per heavy atom. The minimum Gasteiger partial charge on any atom is -0.469 e. The van der Waals surface area contributed by atoms with Gasteiger partial charge >= 0.3 is 0 Å². The molecule has 4 heterocycles. The molecule has 7 nitrogen and oxygen atoms in total. The average molecular weight is 422 g/mol. The summed E-state index contributed by atoms with van der Waals surface area (Å²) in [5, 5.41) is 11.1. The summed E-state index contributed by atoms with van der Waals surface area (Å²) < 4.78 is 10.9. The number of aromatic nitrogens is 4. The van der Waals surface area contributed by atoms with Crippen LogP contribution in [0.5, 0.6) is 0 Å². The van der Waals surface area contributed by atoms with Crippen molar-refractivity contribution in [1.29, 1.82) is 0 Å². The molecular formula is C20H14N4O3S2. The minimum absolute atomic E-state index is 0.147. The molecule has 0 aliphatic heterocycles. The lowest BCUT2D eigenvalue weighted by molar-refractivity contribution is 0.463. The summed E-state index contributed by atoms with van der Waals surface area (Å²) in [5.41, 5.74) is 2.52. The maximum absolute atomic E-state index is 12.7. The van der Waals surface area contributed by atoms with Crippen LogP contribution in [0.1, 0.15) is 11.6 Å². The molecule has 4 aromatic heterocycles. The second-order valence-corrected chi connectivity index (χ2v) is 8.05. The zero-order chi connectivity index (χ0) is 19.8. The van der Waals surface area contributed by atoms with E-state index in [1.807, 2.05) is 42.6 Å². The number of thioether (sulfide) groups is 1. The van der Waals surface area contributed by atoms with E-state index >= 15 is 0 Å². The number of benzene rings is 1. The Morgan fingerprint density at radius 1 is 1.14 bits per heavy atom. The molecule has 0 amide bonds. The molecule has 0 atom stereocenters. The highest BCUT2D eigenvalue weighted by Gasteiger charge is 2.15. The van der Waals surface area contributed by atoms with E-state index in [4.69, 9.17) is 8.83 Å². The van der Waals surface area contributed by atoms with E-state index in [1.165, 1.54) is 23.1 Å². The number of hydrogen-bond donors (Lipinski definition) is 1. The van der Waals surface area contributed by atoms with E-state index in [1.54, 1.807) is 12.3 Å². The molecule has 0 saturated carbocycles. The molecule has 0 aliphatic carbocycles. The van der Waals surface area contributed by atoms with Crippen molar-refractivity contribution in [3.05, 3.63) is 70.0 Å². The normalized spacial score (nSPS) is 11.3. The number of aromatic amines is 1. The zero-order valence-corrected chi connectivity index (χ0v) is 16.8. The molecule has 5 aromatic rings. The van der Waals surface area contributed by atoms with Crippen LogP contribution >= 0.6 is 23.1 Å². The third-order valence-corrected chi connectivity index (χ3v) is 6.11. The average Bonchev–Trinajstić information content (AvgIpc) is 3.46. The van der Waals surface area contributed by atoms with Gasteiger partial charge < -0.3 is 13.8 Å². The van der Waals surface area contributed by atoms with Crippen LogP contribution in [0.2, 0.25) is 0 Å². The van der Waals surface area contributed by atoms with Crippen molar-refractivity contribution in [2.45, 2.75) is 17.9 Å².